The van der Waals surface area contributed by atoms with Gasteiger partial charge in [-0.3, -0.25) is 14.4 Å². The lowest BCUT2D eigenvalue weighted by Gasteiger charge is -2.28. The van der Waals surface area contributed by atoms with Crippen LogP contribution >= 0.6 is 7.67 Å². The van der Waals surface area contributed by atoms with Crippen LogP contribution in [0.25, 0.3) is 0 Å². The van der Waals surface area contributed by atoms with Gasteiger partial charge < -0.3 is 28.2 Å². The fraction of sp³-hybridized carbons (Fsp3) is 0.500. The van der Waals surface area contributed by atoms with Gasteiger partial charge in [-0.15, -0.1) is 0 Å². The summed E-state index contributed by atoms with van der Waals surface area (Å²) in [5.74, 6) is -2.21. The highest BCUT2D eigenvalue weighted by Crippen LogP contribution is 2.49. The molecule has 0 radical (unpaired) electrons. The number of esters is 4. The molecule has 1 aliphatic heterocycles. The number of benzene rings is 2. The van der Waals surface area contributed by atoms with Crippen molar-refractivity contribution >= 4 is 31.5 Å². The van der Waals surface area contributed by atoms with Crippen molar-refractivity contribution in [2.45, 2.75) is 112 Å². The van der Waals surface area contributed by atoms with Gasteiger partial charge in [-0.25, -0.2) is 19.5 Å². The van der Waals surface area contributed by atoms with Crippen LogP contribution in [0.3, 0.4) is 0 Å². The fourth-order valence-corrected chi connectivity index (χ4v) is 6.97. The van der Waals surface area contributed by atoms with Crippen LogP contribution in [0, 0.1) is 6.92 Å². The van der Waals surface area contributed by atoms with E-state index in [-0.39, 0.29) is 43.3 Å². The highest BCUT2D eigenvalue weighted by Gasteiger charge is 2.40. The molecule has 3 rings (SSSR count). The van der Waals surface area contributed by atoms with E-state index in [9.17, 15) is 23.7 Å². The molecule has 2 aromatic carbocycles. The van der Waals surface area contributed by atoms with Gasteiger partial charge in [0.2, 0.25) is 0 Å². The van der Waals surface area contributed by atoms with E-state index in [1.807, 2.05) is 43.3 Å². The molecule has 0 bridgehead atoms. The smallest absolute Gasteiger partial charge is 0.391 e. The third-order valence-corrected chi connectivity index (χ3v) is 9.50. The van der Waals surface area contributed by atoms with Crippen LogP contribution in [0.15, 0.2) is 42.0 Å². The van der Waals surface area contributed by atoms with Crippen LogP contribution < -0.4 is 19.4 Å². The Bertz CT molecular complexity index is 1590. The summed E-state index contributed by atoms with van der Waals surface area (Å²) in [6.07, 6.45) is 1.62. The summed E-state index contributed by atoms with van der Waals surface area (Å²) in [7, 11) is -2.97. The minimum absolute atomic E-state index is 0.0486. The summed E-state index contributed by atoms with van der Waals surface area (Å²) in [6, 6.07) is 7.05. The minimum atomic E-state index is -4.43. The predicted molar refractivity (Wildman–Crippen MR) is 186 cm³/mol. The largest absolute Gasteiger partial charge is 0.496 e. The van der Waals surface area contributed by atoms with Gasteiger partial charge in [0.05, 0.1) is 19.3 Å². The molecule has 0 saturated carbocycles. The number of allylic oxidation sites excluding steroid dienone is 2. The number of methoxy groups -OCH3 is 1. The fourth-order valence-electron chi connectivity index (χ4n) is 5.10. The monoisotopic (exact) mass is 716 g/mol. The highest BCUT2D eigenvalue weighted by molar-refractivity contribution is 7.55. The molecule has 0 aromatic heterocycles. The molecule has 2 aromatic rings. The lowest BCUT2D eigenvalue weighted by molar-refractivity contribution is -0.149. The van der Waals surface area contributed by atoms with Gasteiger partial charge in [0.25, 0.3) is 0 Å². The predicted octanol–water partition coefficient (Wildman–Crippen LogP) is 6.03. The SMILES string of the molecule is COc1c(C)c2c(c(OP(=O)(N[C@@H](C)C(=O)OC(C)C)N[C@@H](C)C(=O)OC(C)C)c1C/C=C(\C)CCC(=O)OCc1ccccc1)C(=O)OC2. The average molecular weight is 717 g/mol. The number of cyclic esters (lactones) is 1. The van der Waals surface area contributed by atoms with Gasteiger partial charge in [-0.2, -0.15) is 0 Å². The van der Waals surface area contributed by atoms with Crippen molar-refractivity contribution in [3.05, 3.63) is 69.8 Å². The second-order valence-electron chi connectivity index (χ2n) is 12.6. The molecule has 0 amide bonds. The first-order chi connectivity index (χ1) is 23.5. The van der Waals surface area contributed by atoms with E-state index < -0.39 is 49.9 Å². The Balaban J connectivity index is 1.98. The van der Waals surface area contributed by atoms with Crippen molar-refractivity contribution in [3.8, 4) is 11.5 Å². The number of hydrogen-bond donors (Lipinski definition) is 2. The molecule has 274 valence electrons. The normalized spacial score (nSPS) is 14.1. The zero-order valence-electron chi connectivity index (χ0n) is 30.2. The Labute approximate surface area is 293 Å². The van der Waals surface area contributed by atoms with E-state index in [1.54, 1.807) is 34.6 Å². The van der Waals surface area contributed by atoms with Crippen molar-refractivity contribution in [1.82, 2.24) is 10.2 Å². The first-order valence-corrected chi connectivity index (χ1v) is 18.2. The molecule has 0 spiro atoms. The lowest BCUT2D eigenvalue weighted by Crippen LogP contribution is -2.44. The topological polar surface area (TPSA) is 165 Å². The van der Waals surface area contributed by atoms with Crippen molar-refractivity contribution in [2.75, 3.05) is 7.11 Å². The molecule has 0 saturated heterocycles. The Hall–Kier alpha value is -4.19. The molecule has 2 atom stereocenters. The summed E-state index contributed by atoms with van der Waals surface area (Å²) in [5, 5.41) is 5.35. The van der Waals surface area contributed by atoms with Gasteiger partial charge in [0.15, 0.2) is 5.75 Å². The molecule has 1 heterocycles. The van der Waals surface area contributed by atoms with Gasteiger partial charge in [-0.1, -0.05) is 42.0 Å². The van der Waals surface area contributed by atoms with Gasteiger partial charge in [0.1, 0.15) is 36.6 Å². The molecule has 13 nitrogen and oxygen atoms in total. The third-order valence-electron chi connectivity index (χ3n) is 7.60. The van der Waals surface area contributed by atoms with Crippen LogP contribution in [0.5, 0.6) is 11.5 Å². The molecular weight excluding hydrogens is 667 g/mol. The van der Waals surface area contributed by atoms with E-state index in [4.69, 9.17) is 28.2 Å². The molecule has 0 aliphatic carbocycles. The summed E-state index contributed by atoms with van der Waals surface area (Å²) >= 11 is 0. The van der Waals surface area contributed by atoms with E-state index >= 15 is 0 Å². The standard InChI is InChI=1S/C36H49N2O11P/c1-21(2)47-34(40)25(7)37-50(43,38-26(8)35(41)48-22(3)4)49-33-28(32(44-9)24(6)29-20-46-36(42)31(29)33)17-15-23(5)16-18-30(39)45-19-27-13-11-10-12-14-27/h10-15,21-22,25-26H,16-20H2,1-9H3,(H2,37,38,43)/b23-15+/t25-,26-/m0/s1. The molecule has 50 heavy (non-hydrogen) atoms. The lowest BCUT2D eigenvalue weighted by atomic mass is 9.94. The van der Waals surface area contributed by atoms with Crippen LogP contribution in [0.4, 0.5) is 0 Å². The molecule has 0 fully saturated rings. The van der Waals surface area contributed by atoms with Crippen LogP contribution in [0.1, 0.15) is 93.9 Å². The number of carbonyl (C=O) groups is 4. The average Bonchev–Trinajstić information content (AvgIpc) is 3.44. The minimum Gasteiger partial charge on any atom is -0.496 e. The van der Waals surface area contributed by atoms with Gasteiger partial charge in [0, 0.05) is 17.5 Å². The van der Waals surface area contributed by atoms with Crippen molar-refractivity contribution in [2.24, 2.45) is 0 Å². The molecular formula is C36H49N2O11P. The number of rotatable bonds is 18. The van der Waals surface area contributed by atoms with Gasteiger partial charge >= 0.3 is 31.5 Å². The Morgan fingerprint density at radius 3 is 2.04 bits per heavy atom. The second-order valence-corrected chi connectivity index (χ2v) is 14.4. The summed E-state index contributed by atoms with van der Waals surface area (Å²) < 4.78 is 48.1. The van der Waals surface area contributed by atoms with Crippen molar-refractivity contribution < 1.29 is 52.0 Å². The summed E-state index contributed by atoms with van der Waals surface area (Å²) in [6.45, 7) is 13.3. The zero-order chi connectivity index (χ0) is 37.2. The van der Waals surface area contributed by atoms with E-state index in [0.717, 1.165) is 11.1 Å². The molecule has 1 aliphatic rings. The van der Waals surface area contributed by atoms with E-state index in [1.165, 1.54) is 21.0 Å². The molecule has 0 unspecified atom stereocenters. The number of carbonyl (C=O) groups excluding carboxylic acids is 4. The van der Waals surface area contributed by atoms with Gasteiger partial charge in [-0.05, 0) is 79.4 Å². The maximum atomic E-state index is 14.7. The van der Waals surface area contributed by atoms with Crippen molar-refractivity contribution in [3.63, 3.8) is 0 Å². The summed E-state index contributed by atoms with van der Waals surface area (Å²) in [5.41, 5.74) is 3.25. The maximum absolute atomic E-state index is 14.7. The van der Waals surface area contributed by atoms with E-state index in [2.05, 4.69) is 10.2 Å². The third kappa shape index (κ3) is 11.2. The second kappa shape index (κ2) is 18.2. The van der Waals surface area contributed by atoms with Crippen LogP contribution in [-0.2, 0) is 57.5 Å². The number of nitrogens with one attached hydrogen (secondary N) is 2. The van der Waals surface area contributed by atoms with E-state index in [0.29, 0.717) is 28.9 Å². The quantitative estimate of drug-likeness (QED) is 0.0796. The van der Waals surface area contributed by atoms with Crippen LogP contribution in [-0.4, -0.2) is 55.3 Å². The zero-order valence-corrected chi connectivity index (χ0v) is 31.1. The number of ether oxygens (including phenoxy) is 5. The Kier molecular flexibility index (Phi) is 14.6. The number of fused-ring (bicyclic) bond motifs is 1. The highest BCUT2D eigenvalue weighted by atomic mass is 31.2. The first kappa shape index (κ1) is 40.2. The Morgan fingerprint density at radius 2 is 1.50 bits per heavy atom. The first-order valence-electron chi connectivity index (χ1n) is 16.6. The molecule has 14 heteroatoms. The molecule has 2 N–H and O–H groups in total. The van der Waals surface area contributed by atoms with Crippen LogP contribution in [0.2, 0.25) is 0 Å². The maximum Gasteiger partial charge on any atom is 0.391 e. The number of hydrogen-bond acceptors (Lipinski definition) is 11. The Morgan fingerprint density at radius 1 is 0.920 bits per heavy atom. The summed E-state index contributed by atoms with van der Waals surface area (Å²) in [4.78, 5) is 51.2. The van der Waals surface area contributed by atoms with Crippen molar-refractivity contribution in [1.29, 1.82) is 0 Å².